The fourth-order valence-electron chi connectivity index (χ4n) is 11.4. The highest BCUT2D eigenvalue weighted by Gasteiger charge is 2.44. The zero-order chi connectivity index (χ0) is 39.3. The maximum Gasteiger partial charge on any atom is 0.0465 e. The van der Waals surface area contributed by atoms with Gasteiger partial charge in [0.05, 0.1) is 0 Å². The van der Waals surface area contributed by atoms with Crippen LogP contribution >= 0.6 is 11.3 Å². The lowest BCUT2D eigenvalue weighted by molar-refractivity contribution is 0.353. The standard InChI is InChI=1S/C57H45NS/c1-56(2)50-21-7-4-15-45(50)48-19-12-17-42(54(48)56)37-24-28-39(29-25-37)58(41-32-33-46-44-14-5-8-22-51(44)57(52(46)36-41)34-10-3-11-35-57)40-30-26-38(27-31-40)43-18-13-20-49-47-16-6-9-23-53(47)59-55(43)49/h4-9,12-33,36H,3,10-11,34-35H2,1-2H3. The highest BCUT2D eigenvalue weighted by Crippen LogP contribution is 2.57. The van der Waals surface area contributed by atoms with E-state index in [9.17, 15) is 0 Å². The summed E-state index contributed by atoms with van der Waals surface area (Å²) < 4.78 is 2.69. The molecule has 1 heterocycles. The quantitative estimate of drug-likeness (QED) is 0.168. The van der Waals surface area contributed by atoms with Crippen molar-refractivity contribution in [1.82, 2.24) is 0 Å². The molecule has 0 saturated heterocycles. The molecule has 0 atom stereocenters. The summed E-state index contributed by atoms with van der Waals surface area (Å²) in [5.41, 5.74) is 20.1. The van der Waals surface area contributed by atoms with Crippen LogP contribution in [0.3, 0.4) is 0 Å². The first-order chi connectivity index (χ1) is 29.0. The Labute approximate surface area is 351 Å². The third-order valence-electron chi connectivity index (χ3n) is 14.1. The maximum atomic E-state index is 2.55. The van der Waals surface area contributed by atoms with Gasteiger partial charge in [-0.3, -0.25) is 0 Å². The second-order valence-corrected chi connectivity index (χ2v) is 18.6. The Kier molecular flexibility index (Phi) is 7.75. The van der Waals surface area contributed by atoms with Gasteiger partial charge in [-0.15, -0.1) is 11.3 Å². The fourth-order valence-corrected chi connectivity index (χ4v) is 12.6. The molecule has 59 heavy (non-hydrogen) atoms. The molecule has 1 aromatic heterocycles. The molecule has 3 aliphatic carbocycles. The first-order valence-corrected chi connectivity index (χ1v) is 22.2. The summed E-state index contributed by atoms with van der Waals surface area (Å²) in [7, 11) is 0. The van der Waals surface area contributed by atoms with E-state index in [1.165, 1.54) is 125 Å². The number of hydrogen-bond donors (Lipinski definition) is 0. The molecule has 12 rings (SSSR count). The number of nitrogens with zero attached hydrogens (tertiary/aromatic N) is 1. The van der Waals surface area contributed by atoms with Crippen LogP contribution in [-0.2, 0) is 10.8 Å². The van der Waals surface area contributed by atoms with Crippen LogP contribution in [0.2, 0.25) is 0 Å². The minimum absolute atomic E-state index is 0.0772. The number of fused-ring (bicyclic) bond motifs is 11. The number of benzene rings is 8. The van der Waals surface area contributed by atoms with Crippen LogP contribution in [0.25, 0.3) is 64.7 Å². The van der Waals surface area contributed by atoms with Crippen molar-refractivity contribution < 1.29 is 0 Å². The minimum atomic E-state index is -0.0772. The molecule has 0 N–H and O–H groups in total. The maximum absolute atomic E-state index is 2.55. The summed E-state index contributed by atoms with van der Waals surface area (Å²) in [4.78, 5) is 2.49. The van der Waals surface area contributed by atoms with Crippen molar-refractivity contribution >= 4 is 48.6 Å². The molecule has 1 saturated carbocycles. The monoisotopic (exact) mass is 775 g/mol. The van der Waals surface area contributed by atoms with E-state index in [-0.39, 0.29) is 10.8 Å². The normalized spacial score (nSPS) is 15.6. The SMILES string of the molecule is CC1(C)c2ccccc2-c2cccc(-c3ccc(N(c4ccc(-c5cccc6c5sc5ccccc56)cc4)c4ccc5c(c4)C4(CCCCC4)c4ccccc4-5)cc3)c21. The fraction of sp³-hybridized carbons (Fsp3) is 0.158. The summed E-state index contributed by atoms with van der Waals surface area (Å²) in [5.74, 6) is 0. The van der Waals surface area contributed by atoms with Gasteiger partial charge in [-0.25, -0.2) is 0 Å². The Morgan fingerprint density at radius 3 is 1.73 bits per heavy atom. The first-order valence-electron chi connectivity index (χ1n) is 21.4. The van der Waals surface area contributed by atoms with Crippen LogP contribution in [-0.4, -0.2) is 0 Å². The minimum Gasteiger partial charge on any atom is -0.310 e. The number of anilines is 3. The van der Waals surface area contributed by atoms with E-state index in [0.717, 1.165) is 11.4 Å². The molecule has 0 aliphatic heterocycles. The number of hydrogen-bond acceptors (Lipinski definition) is 2. The van der Waals surface area contributed by atoms with Crippen LogP contribution in [0.5, 0.6) is 0 Å². The van der Waals surface area contributed by atoms with Gasteiger partial charge >= 0.3 is 0 Å². The average Bonchev–Trinajstić information content (AvgIpc) is 3.88. The summed E-state index contributed by atoms with van der Waals surface area (Å²) in [5, 5.41) is 2.67. The molecular formula is C57H45NS. The van der Waals surface area contributed by atoms with E-state index in [2.05, 4.69) is 195 Å². The van der Waals surface area contributed by atoms with Gasteiger partial charge in [0.2, 0.25) is 0 Å². The summed E-state index contributed by atoms with van der Waals surface area (Å²) in [6.07, 6.45) is 6.32. The zero-order valence-corrected chi connectivity index (χ0v) is 34.5. The largest absolute Gasteiger partial charge is 0.310 e. The van der Waals surface area contributed by atoms with Crippen molar-refractivity contribution in [2.75, 3.05) is 4.90 Å². The molecule has 0 unspecified atom stereocenters. The van der Waals surface area contributed by atoms with E-state index < -0.39 is 0 Å². The predicted molar refractivity (Wildman–Crippen MR) is 252 cm³/mol. The van der Waals surface area contributed by atoms with Gasteiger partial charge < -0.3 is 4.90 Å². The average molecular weight is 776 g/mol. The van der Waals surface area contributed by atoms with Gasteiger partial charge in [0.1, 0.15) is 0 Å². The van der Waals surface area contributed by atoms with Crippen molar-refractivity contribution in [2.45, 2.75) is 56.8 Å². The Bertz CT molecular complexity index is 3100. The lowest BCUT2D eigenvalue weighted by Gasteiger charge is -2.36. The second kappa shape index (κ2) is 13.1. The van der Waals surface area contributed by atoms with Crippen molar-refractivity contribution in [2.24, 2.45) is 0 Å². The van der Waals surface area contributed by atoms with Crippen molar-refractivity contribution in [1.29, 1.82) is 0 Å². The van der Waals surface area contributed by atoms with E-state index in [1.807, 2.05) is 11.3 Å². The van der Waals surface area contributed by atoms with Crippen LogP contribution in [0, 0.1) is 0 Å². The van der Waals surface area contributed by atoms with Crippen LogP contribution in [0.1, 0.15) is 68.2 Å². The molecule has 1 spiro atoms. The molecule has 0 radical (unpaired) electrons. The molecule has 8 aromatic carbocycles. The Morgan fingerprint density at radius 1 is 0.424 bits per heavy atom. The zero-order valence-electron chi connectivity index (χ0n) is 33.6. The smallest absolute Gasteiger partial charge is 0.0465 e. The summed E-state index contributed by atoms with van der Waals surface area (Å²) >= 11 is 1.90. The third-order valence-corrected chi connectivity index (χ3v) is 15.3. The third kappa shape index (κ3) is 5.15. The number of thiophene rings is 1. The van der Waals surface area contributed by atoms with Crippen LogP contribution in [0.15, 0.2) is 176 Å². The van der Waals surface area contributed by atoms with E-state index in [4.69, 9.17) is 0 Å². The van der Waals surface area contributed by atoms with Gasteiger partial charge in [0, 0.05) is 48.1 Å². The van der Waals surface area contributed by atoms with E-state index in [1.54, 1.807) is 0 Å². The molecule has 9 aromatic rings. The van der Waals surface area contributed by atoms with E-state index in [0.29, 0.717) is 0 Å². The van der Waals surface area contributed by atoms with Gasteiger partial charge in [-0.1, -0.05) is 167 Å². The highest BCUT2D eigenvalue weighted by atomic mass is 32.1. The van der Waals surface area contributed by atoms with Gasteiger partial charge in [-0.2, -0.15) is 0 Å². The Morgan fingerprint density at radius 2 is 0.966 bits per heavy atom. The molecule has 1 nitrogen and oxygen atoms in total. The van der Waals surface area contributed by atoms with Gasteiger partial charge in [0.15, 0.2) is 0 Å². The van der Waals surface area contributed by atoms with Crippen molar-refractivity contribution in [3.8, 4) is 44.5 Å². The van der Waals surface area contributed by atoms with Crippen molar-refractivity contribution in [3.63, 3.8) is 0 Å². The predicted octanol–water partition coefficient (Wildman–Crippen LogP) is 16.4. The second-order valence-electron chi connectivity index (χ2n) is 17.5. The van der Waals surface area contributed by atoms with Crippen LogP contribution in [0.4, 0.5) is 17.1 Å². The molecular weight excluding hydrogens is 731 g/mol. The number of rotatable bonds is 5. The van der Waals surface area contributed by atoms with E-state index >= 15 is 0 Å². The molecule has 1 fully saturated rings. The van der Waals surface area contributed by atoms with Crippen LogP contribution < -0.4 is 4.90 Å². The molecule has 3 aliphatic rings. The summed E-state index contributed by atoms with van der Waals surface area (Å²) in [6.45, 7) is 4.76. The first kappa shape index (κ1) is 34.8. The molecule has 284 valence electrons. The molecule has 0 bridgehead atoms. The molecule has 0 amide bonds. The topological polar surface area (TPSA) is 3.24 Å². The van der Waals surface area contributed by atoms with Gasteiger partial charge in [0.25, 0.3) is 0 Å². The highest BCUT2D eigenvalue weighted by molar-refractivity contribution is 7.26. The lowest BCUT2D eigenvalue weighted by Crippen LogP contribution is -2.28. The van der Waals surface area contributed by atoms with Crippen molar-refractivity contribution in [3.05, 3.63) is 198 Å². The lowest BCUT2D eigenvalue weighted by atomic mass is 9.68. The Balaban J connectivity index is 0.990. The summed E-state index contributed by atoms with van der Waals surface area (Å²) in [6, 6.07) is 66.6. The Hall–Kier alpha value is -6.22. The molecule has 2 heteroatoms. The van der Waals surface area contributed by atoms with Gasteiger partial charge in [-0.05, 0) is 122 Å².